The monoisotopic (exact) mass is 204 g/mol. The Kier molecular flexibility index (Phi) is 2.07. The number of fused-ring (bicyclic) bond motifs is 1. The number of hydrogen-bond acceptors (Lipinski definition) is 3. The molecule has 15 heavy (non-hydrogen) atoms. The van der Waals surface area contributed by atoms with Crippen LogP contribution in [-0.2, 0) is 4.74 Å². The lowest BCUT2D eigenvalue weighted by Crippen LogP contribution is -2.15. The van der Waals surface area contributed by atoms with E-state index in [0.717, 1.165) is 29.7 Å². The van der Waals surface area contributed by atoms with Crippen LogP contribution < -0.4 is 4.74 Å². The maximum Gasteiger partial charge on any atom is 0.124 e. The first-order chi connectivity index (χ1) is 7.42. The summed E-state index contributed by atoms with van der Waals surface area (Å²) < 4.78 is 11.0. The zero-order valence-electron chi connectivity index (χ0n) is 8.27. The van der Waals surface area contributed by atoms with Gasteiger partial charge in [0.2, 0.25) is 0 Å². The molecule has 1 fully saturated rings. The third kappa shape index (κ3) is 1.68. The molecule has 4 heteroatoms. The highest BCUT2D eigenvalue weighted by atomic mass is 16.5. The van der Waals surface area contributed by atoms with Gasteiger partial charge >= 0.3 is 0 Å². The Hall–Kier alpha value is -1.55. The van der Waals surface area contributed by atoms with Crippen LogP contribution in [0.4, 0.5) is 0 Å². The third-order valence-electron chi connectivity index (χ3n) is 2.60. The molecular formula is C11H12N2O2. The van der Waals surface area contributed by atoms with E-state index in [1.165, 1.54) is 0 Å². The average Bonchev–Trinajstić information content (AvgIpc) is 2.87. The van der Waals surface area contributed by atoms with E-state index in [1.54, 1.807) is 6.20 Å². The second-order valence-electron chi connectivity index (χ2n) is 3.72. The lowest BCUT2D eigenvalue weighted by molar-refractivity contribution is 0.141. The molecule has 1 saturated heterocycles. The van der Waals surface area contributed by atoms with Crippen LogP contribution in [0.15, 0.2) is 24.4 Å². The fraction of sp³-hybridized carbons (Fsp3) is 0.364. The molecule has 0 unspecified atom stereocenters. The number of aromatic nitrogens is 2. The number of benzene rings is 1. The Morgan fingerprint density at radius 2 is 2.47 bits per heavy atom. The smallest absolute Gasteiger partial charge is 0.124 e. The molecule has 2 heterocycles. The van der Waals surface area contributed by atoms with Crippen molar-refractivity contribution in [2.24, 2.45) is 0 Å². The van der Waals surface area contributed by atoms with Crippen LogP contribution in [0.5, 0.6) is 5.75 Å². The summed E-state index contributed by atoms with van der Waals surface area (Å²) in [6.45, 7) is 1.50. The lowest BCUT2D eigenvalue weighted by Gasteiger charge is -2.11. The summed E-state index contributed by atoms with van der Waals surface area (Å²) in [7, 11) is 0. The standard InChI is InChI=1S/C11H12N2O2/c1-2-11-8(6-12-13-11)5-9(1)15-10-3-4-14-7-10/h1-2,5-6,10H,3-4,7H2,(H,12,13)/t10-/m1/s1. The zero-order valence-corrected chi connectivity index (χ0v) is 8.27. The topological polar surface area (TPSA) is 47.1 Å². The number of nitrogens with one attached hydrogen (secondary N) is 1. The van der Waals surface area contributed by atoms with E-state index < -0.39 is 0 Å². The Labute approximate surface area is 87.2 Å². The van der Waals surface area contributed by atoms with Gasteiger partial charge in [-0.25, -0.2) is 0 Å². The summed E-state index contributed by atoms with van der Waals surface area (Å²) in [6.07, 6.45) is 2.98. The SMILES string of the molecule is c1cc2[nH]ncc2cc1O[C@@H]1CCOC1. The van der Waals surface area contributed by atoms with Crippen LogP contribution in [0.25, 0.3) is 10.9 Å². The predicted molar refractivity (Wildman–Crippen MR) is 55.9 cm³/mol. The van der Waals surface area contributed by atoms with E-state index in [-0.39, 0.29) is 6.10 Å². The molecule has 0 spiro atoms. The number of aromatic amines is 1. The number of hydrogen-bond donors (Lipinski definition) is 1. The minimum atomic E-state index is 0.203. The van der Waals surface area contributed by atoms with Crippen molar-refractivity contribution < 1.29 is 9.47 Å². The Balaban J connectivity index is 1.84. The van der Waals surface area contributed by atoms with Crippen molar-refractivity contribution in [1.29, 1.82) is 0 Å². The van der Waals surface area contributed by atoms with Crippen LogP contribution in [0.2, 0.25) is 0 Å². The van der Waals surface area contributed by atoms with E-state index in [1.807, 2.05) is 18.2 Å². The normalized spacial score (nSPS) is 20.9. The van der Waals surface area contributed by atoms with E-state index in [4.69, 9.17) is 9.47 Å². The lowest BCUT2D eigenvalue weighted by atomic mass is 10.2. The van der Waals surface area contributed by atoms with Crippen LogP contribution in [0.1, 0.15) is 6.42 Å². The molecule has 1 aromatic heterocycles. The molecule has 1 aromatic carbocycles. The first kappa shape index (κ1) is 8.73. The quantitative estimate of drug-likeness (QED) is 0.810. The van der Waals surface area contributed by atoms with Crippen molar-refractivity contribution in [3.05, 3.63) is 24.4 Å². The molecule has 1 atom stereocenters. The molecular weight excluding hydrogens is 192 g/mol. The molecule has 0 amide bonds. The van der Waals surface area contributed by atoms with Crippen molar-refractivity contribution in [3.8, 4) is 5.75 Å². The largest absolute Gasteiger partial charge is 0.488 e. The summed E-state index contributed by atoms with van der Waals surface area (Å²) in [6, 6.07) is 5.93. The van der Waals surface area contributed by atoms with Crippen LogP contribution in [0.3, 0.4) is 0 Å². The van der Waals surface area contributed by atoms with Gasteiger partial charge in [-0.1, -0.05) is 0 Å². The summed E-state index contributed by atoms with van der Waals surface area (Å²) >= 11 is 0. The second-order valence-corrected chi connectivity index (χ2v) is 3.72. The van der Waals surface area contributed by atoms with E-state index in [9.17, 15) is 0 Å². The van der Waals surface area contributed by atoms with Crippen molar-refractivity contribution >= 4 is 10.9 Å². The van der Waals surface area contributed by atoms with Gasteiger partial charge in [-0.15, -0.1) is 0 Å². The molecule has 0 aliphatic carbocycles. The van der Waals surface area contributed by atoms with Crippen molar-refractivity contribution in [3.63, 3.8) is 0 Å². The molecule has 0 bridgehead atoms. The Morgan fingerprint density at radius 3 is 3.33 bits per heavy atom. The van der Waals surface area contributed by atoms with Crippen molar-refractivity contribution in [1.82, 2.24) is 10.2 Å². The van der Waals surface area contributed by atoms with E-state index >= 15 is 0 Å². The van der Waals surface area contributed by atoms with Gasteiger partial charge in [0, 0.05) is 11.8 Å². The molecule has 0 saturated carbocycles. The molecule has 78 valence electrons. The van der Waals surface area contributed by atoms with Crippen molar-refractivity contribution in [2.75, 3.05) is 13.2 Å². The third-order valence-corrected chi connectivity index (χ3v) is 2.60. The van der Waals surface area contributed by atoms with Gasteiger partial charge in [-0.2, -0.15) is 5.10 Å². The van der Waals surface area contributed by atoms with E-state index in [0.29, 0.717) is 6.61 Å². The number of H-pyrrole nitrogens is 1. The number of rotatable bonds is 2. The Morgan fingerprint density at radius 1 is 1.47 bits per heavy atom. The van der Waals surface area contributed by atoms with Crippen LogP contribution in [-0.4, -0.2) is 29.5 Å². The van der Waals surface area contributed by atoms with Gasteiger partial charge in [0.05, 0.1) is 24.9 Å². The fourth-order valence-electron chi connectivity index (χ4n) is 1.79. The maximum absolute atomic E-state index is 5.79. The summed E-state index contributed by atoms with van der Waals surface area (Å²) in [5.74, 6) is 0.888. The molecule has 4 nitrogen and oxygen atoms in total. The average molecular weight is 204 g/mol. The molecule has 1 N–H and O–H groups in total. The molecule has 2 aromatic rings. The van der Waals surface area contributed by atoms with Crippen LogP contribution >= 0.6 is 0 Å². The summed E-state index contributed by atoms with van der Waals surface area (Å²) in [5.41, 5.74) is 1.03. The second kappa shape index (κ2) is 3.55. The highest BCUT2D eigenvalue weighted by molar-refractivity contribution is 5.79. The van der Waals surface area contributed by atoms with Gasteiger partial charge < -0.3 is 9.47 Å². The van der Waals surface area contributed by atoms with Gasteiger partial charge in [0.15, 0.2) is 0 Å². The first-order valence-electron chi connectivity index (χ1n) is 5.09. The van der Waals surface area contributed by atoms with Crippen molar-refractivity contribution in [2.45, 2.75) is 12.5 Å². The molecule has 1 aliphatic rings. The highest BCUT2D eigenvalue weighted by Gasteiger charge is 2.17. The summed E-state index contributed by atoms with van der Waals surface area (Å²) in [4.78, 5) is 0. The predicted octanol–water partition coefficient (Wildman–Crippen LogP) is 1.73. The number of nitrogens with zero attached hydrogens (tertiary/aromatic N) is 1. The van der Waals surface area contributed by atoms with Gasteiger partial charge in [0.1, 0.15) is 11.9 Å². The fourth-order valence-corrected chi connectivity index (χ4v) is 1.79. The maximum atomic E-state index is 5.79. The molecule has 0 radical (unpaired) electrons. The minimum Gasteiger partial charge on any atom is -0.488 e. The highest BCUT2D eigenvalue weighted by Crippen LogP contribution is 2.21. The van der Waals surface area contributed by atoms with Crippen LogP contribution in [0, 0.1) is 0 Å². The minimum absolute atomic E-state index is 0.203. The molecule has 3 rings (SSSR count). The summed E-state index contributed by atoms with van der Waals surface area (Å²) in [5, 5.41) is 7.95. The van der Waals surface area contributed by atoms with Gasteiger partial charge in [0.25, 0.3) is 0 Å². The number of ether oxygens (including phenoxy) is 2. The van der Waals surface area contributed by atoms with E-state index in [2.05, 4.69) is 10.2 Å². The zero-order chi connectivity index (χ0) is 10.1. The first-order valence-corrected chi connectivity index (χ1v) is 5.09. The van der Waals surface area contributed by atoms with Gasteiger partial charge in [-0.05, 0) is 18.2 Å². The van der Waals surface area contributed by atoms with Gasteiger partial charge in [-0.3, -0.25) is 5.10 Å². The molecule has 1 aliphatic heterocycles. The Bertz CT molecular complexity index is 460.